The van der Waals surface area contributed by atoms with Crippen LogP contribution in [0.2, 0.25) is 0 Å². The van der Waals surface area contributed by atoms with Gasteiger partial charge >= 0.3 is 0 Å². The molecular weight excluding hydrogens is 295 g/mol. The third kappa shape index (κ3) is 4.37. The average Bonchev–Trinajstić information content (AvgIpc) is 2.58. The molecule has 0 aliphatic carbocycles. The van der Waals surface area contributed by atoms with Crippen LogP contribution in [-0.4, -0.2) is 32.2 Å². The average molecular weight is 315 g/mol. The molecule has 3 rings (SSSR count). The first kappa shape index (κ1) is 15.6. The molecule has 5 heteroatoms. The standard InChI is InChI=1S/C18H19FN2O2/c19-16-5-7-17(8-6-16)20-18(22)15-3-1-14(2-4-15)13-21-9-11-23-12-10-21/h1-8H,9-13H2,(H,20,22)/p+1. The maximum atomic E-state index is 12.9. The lowest BCUT2D eigenvalue weighted by Crippen LogP contribution is -3.12. The molecule has 1 fully saturated rings. The molecule has 1 saturated heterocycles. The maximum Gasteiger partial charge on any atom is 0.255 e. The predicted octanol–water partition coefficient (Wildman–Crippen LogP) is 1.49. The largest absolute Gasteiger partial charge is 0.370 e. The van der Waals surface area contributed by atoms with Gasteiger partial charge in [-0.15, -0.1) is 0 Å². The van der Waals surface area contributed by atoms with Gasteiger partial charge in [0.1, 0.15) is 25.5 Å². The predicted molar refractivity (Wildman–Crippen MR) is 86.0 cm³/mol. The van der Waals surface area contributed by atoms with E-state index < -0.39 is 0 Å². The van der Waals surface area contributed by atoms with E-state index in [1.165, 1.54) is 22.6 Å². The lowest BCUT2D eigenvalue weighted by Gasteiger charge is -2.23. The lowest BCUT2D eigenvalue weighted by molar-refractivity contribution is -0.921. The Morgan fingerprint density at radius 1 is 1.04 bits per heavy atom. The number of carbonyl (C=O) groups is 1. The van der Waals surface area contributed by atoms with Gasteiger partial charge in [0.2, 0.25) is 0 Å². The van der Waals surface area contributed by atoms with Crippen molar-refractivity contribution in [3.63, 3.8) is 0 Å². The van der Waals surface area contributed by atoms with E-state index in [-0.39, 0.29) is 11.7 Å². The van der Waals surface area contributed by atoms with Crippen LogP contribution in [0.1, 0.15) is 15.9 Å². The van der Waals surface area contributed by atoms with Crippen LogP contribution in [0, 0.1) is 5.82 Å². The molecule has 1 aliphatic rings. The zero-order chi connectivity index (χ0) is 16.1. The van der Waals surface area contributed by atoms with Gasteiger partial charge in [-0.05, 0) is 36.4 Å². The fourth-order valence-electron chi connectivity index (χ4n) is 2.64. The quantitative estimate of drug-likeness (QED) is 0.898. The highest BCUT2D eigenvalue weighted by Crippen LogP contribution is 2.11. The number of quaternary nitrogens is 1. The minimum absolute atomic E-state index is 0.193. The number of morpholine rings is 1. The molecule has 4 nitrogen and oxygen atoms in total. The van der Waals surface area contributed by atoms with Gasteiger partial charge in [0.15, 0.2) is 0 Å². The fourth-order valence-corrected chi connectivity index (χ4v) is 2.64. The van der Waals surface area contributed by atoms with Crippen molar-refractivity contribution in [2.75, 3.05) is 31.6 Å². The van der Waals surface area contributed by atoms with Crippen molar-refractivity contribution in [3.05, 3.63) is 65.5 Å². The van der Waals surface area contributed by atoms with Crippen LogP contribution in [0.3, 0.4) is 0 Å². The van der Waals surface area contributed by atoms with E-state index in [1.54, 1.807) is 12.1 Å². The third-order valence-electron chi connectivity index (χ3n) is 3.97. The zero-order valence-electron chi connectivity index (χ0n) is 12.8. The minimum Gasteiger partial charge on any atom is -0.370 e. The molecule has 1 heterocycles. The number of hydrogen-bond donors (Lipinski definition) is 2. The van der Waals surface area contributed by atoms with Crippen molar-refractivity contribution < 1.29 is 18.8 Å². The first-order valence-electron chi connectivity index (χ1n) is 7.78. The molecule has 1 amide bonds. The number of anilines is 1. The first-order chi connectivity index (χ1) is 11.2. The number of carbonyl (C=O) groups excluding carboxylic acids is 1. The van der Waals surface area contributed by atoms with E-state index in [4.69, 9.17) is 4.74 Å². The molecule has 1 aliphatic heterocycles. The van der Waals surface area contributed by atoms with Crippen LogP contribution < -0.4 is 10.2 Å². The van der Waals surface area contributed by atoms with Gasteiger partial charge < -0.3 is 15.0 Å². The summed E-state index contributed by atoms with van der Waals surface area (Å²) in [5.74, 6) is -0.514. The molecular formula is C18H20FN2O2+. The van der Waals surface area contributed by atoms with Gasteiger partial charge in [0.05, 0.1) is 13.2 Å². The van der Waals surface area contributed by atoms with Gasteiger partial charge in [-0.1, -0.05) is 12.1 Å². The highest BCUT2D eigenvalue weighted by atomic mass is 19.1. The third-order valence-corrected chi connectivity index (χ3v) is 3.97. The van der Waals surface area contributed by atoms with Gasteiger partial charge in [0.25, 0.3) is 5.91 Å². The van der Waals surface area contributed by atoms with Gasteiger partial charge in [-0.3, -0.25) is 4.79 Å². The zero-order valence-corrected chi connectivity index (χ0v) is 12.8. The van der Waals surface area contributed by atoms with Crippen molar-refractivity contribution in [1.82, 2.24) is 0 Å². The summed E-state index contributed by atoms with van der Waals surface area (Å²) in [7, 11) is 0. The van der Waals surface area contributed by atoms with Gasteiger partial charge in [-0.25, -0.2) is 4.39 Å². The summed E-state index contributed by atoms with van der Waals surface area (Å²) < 4.78 is 18.2. The number of hydrogen-bond acceptors (Lipinski definition) is 2. The molecule has 2 aromatic carbocycles. The Labute approximate surface area is 134 Å². The number of rotatable bonds is 4. The van der Waals surface area contributed by atoms with E-state index in [9.17, 15) is 9.18 Å². The van der Waals surface area contributed by atoms with E-state index in [2.05, 4.69) is 5.32 Å². The highest BCUT2D eigenvalue weighted by molar-refractivity contribution is 6.04. The smallest absolute Gasteiger partial charge is 0.255 e. The van der Waals surface area contributed by atoms with Crippen LogP contribution in [0.25, 0.3) is 0 Å². The highest BCUT2D eigenvalue weighted by Gasteiger charge is 2.14. The summed E-state index contributed by atoms with van der Waals surface area (Å²) in [5, 5.41) is 2.76. The Kier molecular flexibility index (Phi) is 5.00. The van der Waals surface area contributed by atoms with Crippen molar-refractivity contribution in [3.8, 4) is 0 Å². The Hall–Kier alpha value is -2.24. The number of amides is 1. The number of nitrogens with one attached hydrogen (secondary N) is 2. The van der Waals surface area contributed by atoms with Crippen LogP contribution in [-0.2, 0) is 11.3 Å². The topological polar surface area (TPSA) is 42.8 Å². The molecule has 0 atom stereocenters. The Morgan fingerprint density at radius 3 is 2.35 bits per heavy atom. The van der Waals surface area contributed by atoms with Crippen molar-refractivity contribution in [2.24, 2.45) is 0 Å². The molecule has 2 N–H and O–H groups in total. The second kappa shape index (κ2) is 7.35. The molecule has 0 radical (unpaired) electrons. The summed E-state index contributed by atoms with van der Waals surface area (Å²) >= 11 is 0. The minimum atomic E-state index is -0.321. The second-order valence-electron chi connectivity index (χ2n) is 5.70. The van der Waals surface area contributed by atoms with Crippen molar-refractivity contribution >= 4 is 11.6 Å². The molecule has 120 valence electrons. The van der Waals surface area contributed by atoms with Crippen LogP contribution >= 0.6 is 0 Å². The molecule has 0 spiro atoms. The molecule has 0 saturated carbocycles. The SMILES string of the molecule is O=C(Nc1ccc(F)cc1)c1ccc(C[NH+]2CCOCC2)cc1. The number of ether oxygens (including phenoxy) is 1. The normalized spacial score (nSPS) is 15.3. The Balaban J connectivity index is 1.59. The van der Waals surface area contributed by atoms with E-state index in [1.807, 2.05) is 24.3 Å². The second-order valence-corrected chi connectivity index (χ2v) is 5.70. The monoisotopic (exact) mass is 315 g/mol. The van der Waals surface area contributed by atoms with Gasteiger partial charge in [-0.2, -0.15) is 0 Å². The van der Waals surface area contributed by atoms with Gasteiger partial charge in [0, 0.05) is 16.8 Å². The number of halogens is 1. The first-order valence-corrected chi connectivity index (χ1v) is 7.78. The van der Waals surface area contributed by atoms with E-state index >= 15 is 0 Å². The van der Waals surface area contributed by atoms with Crippen LogP contribution in [0.15, 0.2) is 48.5 Å². The summed E-state index contributed by atoms with van der Waals surface area (Å²) in [6.45, 7) is 4.61. The van der Waals surface area contributed by atoms with Crippen LogP contribution in [0.5, 0.6) is 0 Å². The Bertz CT molecular complexity index is 650. The Morgan fingerprint density at radius 2 is 1.70 bits per heavy atom. The number of benzene rings is 2. The summed E-state index contributed by atoms with van der Waals surface area (Å²) in [4.78, 5) is 13.7. The lowest BCUT2D eigenvalue weighted by atomic mass is 10.1. The summed E-state index contributed by atoms with van der Waals surface area (Å²) in [6.07, 6.45) is 0. The molecule has 23 heavy (non-hydrogen) atoms. The summed E-state index contributed by atoms with van der Waals surface area (Å²) in [5.41, 5.74) is 2.38. The molecule has 0 unspecified atom stereocenters. The summed E-state index contributed by atoms with van der Waals surface area (Å²) in [6, 6.07) is 13.4. The van der Waals surface area contributed by atoms with E-state index in [0.717, 1.165) is 32.8 Å². The van der Waals surface area contributed by atoms with Crippen molar-refractivity contribution in [2.45, 2.75) is 6.54 Å². The molecule has 2 aromatic rings. The molecule has 0 bridgehead atoms. The van der Waals surface area contributed by atoms with Crippen LogP contribution in [0.4, 0.5) is 10.1 Å². The van der Waals surface area contributed by atoms with E-state index in [0.29, 0.717) is 11.3 Å². The fraction of sp³-hybridized carbons (Fsp3) is 0.278. The van der Waals surface area contributed by atoms with Crippen molar-refractivity contribution in [1.29, 1.82) is 0 Å². The maximum absolute atomic E-state index is 12.9. The molecule has 0 aromatic heterocycles.